The molecule has 1 fully saturated rings. The zero-order valence-corrected chi connectivity index (χ0v) is 14.9. The van der Waals surface area contributed by atoms with Gasteiger partial charge in [-0.15, -0.1) is 0 Å². The molecule has 1 atom stereocenters. The van der Waals surface area contributed by atoms with Crippen LogP contribution in [0.15, 0.2) is 48.5 Å². The van der Waals surface area contributed by atoms with Gasteiger partial charge in [-0.05, 0) is 42.7 Å². The molecule has 1 N–H and O–H groups in total. The van der Waals surface area contributed by atoms with Crippen molar-refractivity contribution in [1.82, 2.24) is 5.32 Å². The van der Waals surface area contributed by atoms with Gasteiger partial charge in [-0.3, -0.25) is 9.59 Å². The molecule has 0 unspecified atom stereocenters. The molecule has 0 bridgehead atoms. The summed E-state index contributed by atoms with van der Waals surface area (Å²) in [5.74, 6) is 0.108. The quantitative estimate of drug-likeness (QED) is 0.883. The van der Waals surface area contributed by atoms with Crippen LogP contribution in [0.1, 0.15) is 36.9 Å². The number of carbonyl (C=O) groups excluding carboxylic acids is 2. The van der Waals surface area contributed by atoms with Gasteiger partial charge >= 0.3 is 0 Å². The molecule has 0 saturated carbocycles. The van der Waals surface area contributed by atoms with E-state index < -0.39 is 0 Å². The van der Waals surface area contributed by atoms with E-state index in [4.69, 9.17) is 11.6 Å². The Morgan fingerprint density at radius 3 is 2.56 bits per heavy atom. The number of hydrogen-bond acceptors (Lipinski definition) is 2. The summed E-state index contributed by atoms with van der Waals surface area (Å²) < 4.78 is 0. The van der Waals surface area contributed by atoms with Gasteiger partial charge in [-0.25, -0.2) is 0 Å². The van der Waals surface area contributed by atoms with Gasteiger partial charge in [0.1, 0.15) is 0 Å². The second-order valence-corrected chi connectivity index (χ2v) is 6.71. The molecule has 1 saturated heterocycles. The summed E-state index contributed by atoms with van der Waals surface area (Å²) in [7, 11) is 0. The lowest BCUT2D eigenvalue weighted by Crippen LogP contribution is -2.28. The first-order valence-electron chi connectivity index (χ1n) is 8.47. The van der Waals surface area contributed by atoms with E-state index in [0.29, 0.717) is 17.9 Å². The zero-order valence-electron chi connectivity index (χ0n) is 14.2. The van der Waals surface area contributed by atoms with Crippen LogP contribution in [-0.2, 0) is 16.0 Å². The third kappa shape index (κ3) is 4.20. The van der Waals surface area contributed by atoms with Crippen molar-refractivity contribution in [2.75, 3.05) is 11.4 Å². The standard InChI is InChI=1S/C20H21ClN2O2/c1-14(17-5-2-3-6-18(17)21)22-19(24)13-15-8-10-16(11-9-15)23-12-4-7-20(23)25/h2-3,5-6,8-11,14H,4,7,12-13H2,1H3,(H,22,24)/t14-/m0/s1. The average Bonchev–Trinajstić information content (AvgIpc) is 3.02. The van der Waals surface area contributed by atoms with E-state index in [-0.39, 0.29) is 17.9 Å². The van der Waals surface area contributed by atoms with Crippen molar-refractivity contribution in [3.05, 3.63) is 64.7 Å². The Bertz CT molecular complexity index is 774. The highest BCUT2D eigenvalue weighted by atomic mass is 35.5. The van der Waals surface area contributed by atoms with Gasteiger partial charge in [0, 0.05) is 23.7 Å². The first-order chi connectivity index (χ1) is 12.0. The zero-order chi connectivity index (χ0) is 17.8. The fourth-order valence-corrected chi connectivity index (χ4v) is 3.40. The minimum atomic E-state index is -0.150. The van der Waals surface area contributed by atoms with Crippen LogP contribution in [0.2, 0.25) is 5.02 Å². The van der Waals surface area contributed by atoms with Crippen LogP contribution >= 0.6 is 11.6 Å². The molecule has 4 nitrogen and oxygen atoms in total. The lowest BCUT2D eigenvalue weighted by atomic mass is 10.1. The fraction of sp³-hybridized carbons (Fsp3) is 0.300. The van der Waals surface area contributed by atoms with Crippen molar-refractivity contribution >= 4 is 29.1 Å². The van der Waals surface area contributed by atoms with Crippen molar-refractivity contribution in [3.63, 3.8) is 0 Å². The van der Waals surface area contributed by atoms with Crippen LogP contribution in [0.3, 0.4) is 0 Å². The minimum Gasteiger partial charge on any atom is -0.349 e. The smallest absolute Gasteiger partial charge is 0.227 e. The predicted octanol–water partition coefficient (Wildman–Crippen LogP) is 3.89. The predicted molar refractivity (Wildman–Crippen MR) is 99.7 cm³/mol. The molecule has 1 aliphatic heterocycles. The second kappa shape index (κ2) is 7.70. The van der Waals surface area contributed by atoms with Crippen LogP contribution in [0.5, 0.6) is 0 Å². The molecule has 0 spiro atoms. The van der Waals surface area contributed by atoms with Crippen molar-refractivity contribution in [3.8, 4) is 0 Å². The van der Waals surface area contributed by atoms with Gasteiger partial charge in [0.15, 0.2) is 0 Å². The summed E-state index contributed by atoms with van der Waals surface area (Å²) in [6.45, 7) is 2.69. The molecule has 1 aliphatic rings. The van der Waals surface area contributed by atoms with E-state index in [0.717, 1.165) is 29.8 Å². The lowest BCUT2D eigenvalue weighted by molar-refractivity contribution is -0.121. The maximum absolute atomic E-state index is 12.3. The van der Waals surface area contributed by atoms with E-state index in [1.165, 1.54) is 0 Å². The van der Waals surface area contributed by atoms with Crippen LogP contribution in [-0.4, -0.2) is 18.4 Å². The molecule has 3 rings (SSSR count). The van der Waals surface area contributed by atoms with Gasteiger partial charge in [0.25, 0.3) is 0 Å². The van der Waals surface area contributed by atoms with Gasteiger partial charge in [0.05, 0.1) is 12.5 Å². The summed E-state index contributed by atoms with van der Waals surface area (Å²) >= 11 is 6.17. The second-order valence-electron chi connectivity index (χ2n) is 6.30. The van der Waals surface area contributed by atoms with Gasteiger partial charge in [0.2, 0.25) is 11.8 Å². The SMILES string of the molecule is C[C@H](NC(=O)Cc1ccc(N2CCCC2=O)cc1)c1ccccc1Cl. The lowest BCUT2D eigenvalue weighted by Gasteiger charge is -2.17. The fourth-order valence-electron chi connectivity index (χ4n) is 3.10. The number of nitrogens with zero attached hydrogens (tertiary/aromatic N) is 1. The number of halogens is 1. The largest absolute Gasteiger partial charge is 0.349 e. The molecule has 1 heterocycles. The van der Waals surface area contributed by atoms with Gasteiger partial charge in [-0.2, -0.15) is 0 Å². The number of nitrogens with one attached hydrogen (secondary N) is 1. The number of carbonyl (C=O) groups is 2. The highest BCUT2D eigenvalue weighted by Gasteiger charge is 2.21. The molecule has 25 heavy (non-hydrogen) atoms. The normalized spacial score (nSPS) is 15.3. The number of amides is 2. The number of benzene rings is 2. The molecule has 130 valence electrons. The van der Waals surface area contributed by atoms with Crippen LogP contribution in [0.25, 0.3) is 0 Å². The Labute approximate surface area is 152 Å². The maximum atomic E-state index is 12.3. The molecule has 0 aliphatic carbocycles. The molecular weight excluding hydrogens is 336 g/mol. The Hall–Kier alpha value is -2.33. The Kier molecular flexibility index (Phi) is 5.39. The van der Waals surface area contributed by atoms with E-state index in [1.54, 1.807) is 4.90 Å². The topological polar surface area (TPSA) is 49.4 Å². The van der Waals surface area contributed by atoms with Crippen molar-refractivity contribution < 1.29 is 9.59 Å². The Morgan fingerprint density at radius 2 is 1.92 bits per heavy atom. The first-order valence-corrected chi connectivity index (χ1v) is 8.85. The molecule has 0 radical (unpaired) electrons. The summed E-state index contributed by atoms with van der Waals surface area (Å²) in [6.07, 6.45) is 1.82. The van der Waals surface area contributed by atoms with Crippen LogP contribution in [0, 0.1) is 0 Å². The molecule has 2 aromatic rings. The highest BCUT2D eigenvalue weighted by Crippen LogP contribution is 2.23. The third-order valence-corrected chi connectivity index (χ3v) is 4.78. The van der Waals surface area contributed by atoms with Gasteiger partial charge in [-0.1, -0.05) is 41.9 Å². The van der Waals surface area contributed by atoms with E-state index >= 15 is 0 Å². The Morgan fingerprint density at radius 1 is 1.20 bits per heavy atom. The van der Waals surface area contributed by atoms with Crippen LogP contribution < -0.4 is 10.2 Å². The van der Waals surface area contributed by atoms with Crippen molar-refractivity contribution in [2.45, 2.75) is 32.2 Å². The molecule has 0 aromatic heterocycles. The minimum absolute atomic E-state index is 0.0579. The average molecular weight is 357 g/mol. The molecule has 5 heteroatoms. The molecule has 2 amide bonds. The summed E-state index contributed by atoms with van der Waals surface area (Å²) in [6, 6.07) is 15.0. The van der Waals surface area contributed by atoms with E-state index in [1.807, 2.05) is 55.5 Å². The number of rotatable bonds is 5. The van der Waals surface area contributed by atoms with Crippen molar-refractivity contribution in [1.29, 1.82) is 0 Å². The molecular formula is C20H21ClN2O2. The third-order valence-electron chi connectivity index (χ3n) is 4.44. The summed E-state index contributed by atoms with van der Waals surface area (Å²) in [5.41, 5.74) is 2.72. The summed E-state index contributed by atoms with van der Waals surface area (Å²) in [5, 5.41) is 3.62. The first kappa shape index (κ1) is 17.5. The van der Waals surface area contributed by atoms with E-state index in [9.17, 15) is 9.59 Å². The van der Waals surface area contributed by atoms with Gasteiger partial charge < -0.3 is 10.2 Å². The number of anilines is 1. The van der Waals surface area contributed by atoms with E-state index in [2.05, 4.69) is 5.32 Å². The summed E-state index contributed by atoms with van der Waals surface area (Å²) in [4.78, 5) is 25.8. The maximum Gasteiger partial charge on any atom is 0.227 e. The highest BCUT2D eigenvalue weighted by molar-refractivity contribution is 6.31. The van der Waals surface area contributed by atoms with Crippen molar-refractivity contribution in [2.24, 2.45) is 0 Å². The van der Waals surface area contributed by atoms with Crippen LogP contribution in [0.4, 0.5) is 5.69 Å². The monoisotopic (exact) mass is 356 g/mol. The Balaban J connectivity index is 1.59. The molecule has 2 aromatic carbocycles. The number of hydrogen-bond donors (Lipinski definition) is 1.